The van der Waals surface area contributed by atoms with E-state index in [4.69, 9.17) is 6.51 Å². The van der Waals surface area contributed by atoms with E-state index in [0.29, 0.717) is 0 Å². The average Bonchev–Trinajstić information content (AvgIpc) is 2.43. The zero-order valence-corrected chi connectivity index (χ0v) is 11.5. The minimum atomic E-state index is -3.80. The van der Waals surface area contributed by atoms with Crippen LogP contribution in [0.1, 0.15) is 21.1 Å². The second-order valence-corrected chi connectivity index (χ2v) is 4.93. The van der Waals surface area contributed by atoms with E-state index >= 15 is 0 Å². The quantitative estimate of drug-likeness (QED) is 0.532. The van der Waals surface area contributed by atoms with Gasteiger partial charge >= 0.3 is 29.6 Å². The molecule has 0 amide bonds. The third kappa shape index (κ3) is 4.00. The van der Waals surface area contributed by atoms with Crippen molar-refractivity contribution < 1.29 is 39.3 Å². The third-order valence-corrected chi connectivity index (χ3v) is 2.93. The molecule has 0 bridgehead atoms. The van der Waals surface area contributed by atoms with Crippen molar-refractivity contribution in [3.8, 4) is 0 Å². The fraction of sp³-hybridized carbons (Fsp3) is 0.750. The first-order valence-electron chi connectivity index (χ1n) is 4.81. The average molecular weight is 227 g/mol. The normalized spacial score (nSPS) is 30.3. The molecule has 1 unspecified atom stereocenters. The number of nitrogens with one attached hydrogen (secondary N) is 1. The molecule has 0 aromatic heterocycles. The minimum absolute atomic E-state index is 0. The molecule has 1 aliphatic heterocycles. The van der Waals surface area contributed by atoms with Gasteiger partial charge in [-0.05, 0) is 33.3 Å². The van der Waals surface area contributed by atoms with Gasteiger partial charge in [0.15, 0.2) is 0 Å². The van der Waals surface area contributed by atoms with Crippen LogP contribution in [-0.4, -0.2) is 32.4 Å². The van der Waals surface area contributed by atoms with Crippen molar-refractivity contribution in [1.29, 1.82) is 0 Å². The first kappa shape index (κ1) is 12.7. The first-order valence-corrected chi connectivity index (χ1v) is 5.65. The van der Waals surface area contributed by atoms with Gasteiger partial charge in [-0.2, -0.15) is 0 Å². The molecule has 0 spiro atoms. The zero-order valence-electron chi connectivity index (χ0n) is 9.66. The molecule has 0 aliphatic carbocycles. The molecule has 1 fully saturated rings. The molecule has 1 atom stereocenters. The van der Waals surface area contributed by atoms with Crippen molar-refractivity contribution in [3.63, 3.8) is 0 Å². The van der Waals surface area contributed by atoms with E-state index in [1.807, 2.05) is 11.8 Å². The van der Waals surface area contributed by atoms with Gasteiger partial charge in [-0.15, -0.1) is 0 Å². The number of rotatable bonds is 2. The van der Waals surface area contributed by atoms with Crippen LogP contribution in [0.25, 0.3) is 5.14 Å². The minimum Gasteiger partial charge on any atom is -0.560 e. The maximum absolute atomic E-state index is 10.6. The van der Waals surface area contributed by atoms with Gasteiger partial charge in [-0.3, -0.25) is 4.90 Å². The summed E-state index contributed by atoms with van der Waals surface area (Å²) >= 11 is 0. The summed E-state index contributed by atoms with van der Waals surface area (Å²) in [5.41, 5.74) is -0.365. The number of likely N-dealkylation sites (N-methyl/N-ethyl adjacent to an activating group) is 1. The van der Waals surface area contributed by atoms with Crippen LogP contribution in [-0.2, 0) is 10.0 Å². The molecule has 0 saturated carbocycles. The fourth-order valence-electron chi connectivity index (χ4n) is 1.47. The summed E-state index contributed by atoms with van der Waals surface area (Å²) in [6.45, 7) is 2.72. The van der Waals surface area contributed by atoms with Crippen molar-refractivity contribution >= 4 is 10.0 Å². The Balaban J connectivity index is 0.00000196. The van der Waals surface area contributed by atoms with Gasteiger partial charge in [0.2, 0.25) is 0 Å². The van der Waals surface area contributed by atoms with Crippen molar-refractivity contribution in [2.24, 2.45) is 0 Å². The second-order valence-electron chi connectivity index (χ2n) is 3.57. The summed E-state index contributed by atoms with van der Waals surface area (Å²) in [6, 6.07) is 0. The van der Waals surface area contributed by atoms with Crippen molar-refractivity contribution in [1.82, 2.24) is 4.90 Å². The van der Waals surface area contributed by atoms with E-state index in [2.05, 4.69) is 0 Å². The van der Waals surface area contributed by atoms with Gasteiger partial charge in [-0.25, -0.2) is 8.42 Å². The Morgan fingerprint density at radius 1 is 1.64 bits per heavy atom. The van der Waals surface area contributed by atoms with E-state index in [0.717, 1.165) is 24.8 Å². The molecule has 76 valence electrons. The Morgan fingerprint density at radius 2 is 2.29 bits per heavy atom. The van der Waals surface area contributed by atoms with Crippen LogP contribution in [0.5, 0.6) is 0 Å². The molecule has 0 radical (unpaired) electrons. The molecule has 1 aliphatic rings. The Labute approximate surface area is 109 Å². The van der Waals surface area contributed by atoms with E-state index in [1.54, 1.807) is 0 Å². The van der Waals surface area contributed by atoms with Crippen LogP contribution < -0.4 is 29.6 Å². The fourth-order valence-corrected chi connectivity index (χ4v) is 1.94. The Kier molecular flexibility index (Phi) is 4.61. The Bertz CT molecular complexity index is 334. The number of nitrogens with zero attached hydrogens (tertiary/aromatic N) is 1. The summed E-state index contributed by atoms with van der Waals surface area (Å²) in [6.07, 6.45) is 3.34. The van der Waals surface area contributed by atoms with Crippen LogP contribution in [0.15, 0.2) is 11.5 Å². The largest absolute Gasteiger partial charge is 1.00 e. The van der Waals surface area contributed by atoms with E-state index < -0.39 is 10.0 Å². The maximum Gasteiger partial charge on any atom is 1.00 e. The maximum atomic E-state index is 10.6. The van der Waals surface area contributed by atoms with Gasteiger partial charge < -0.3 is 5.14 Å². The standard InChI is InChI=1S/C8H15N2O2S.Na/c1-8(4-3-6-10(8)2)5-7-13(9,11)12;/h5,7H,3-4,6H2,1-2H3,(H-,9,11,12);/q-1;+1/i2D;. The molecular formula is C8H15N2NaO2S. The Morgan fingerprint density at radius 3 is 2.79 bits per heavy atom. The van der Waals surface area contributed by atoms with Gasteiger partial charge in [0, 0.05) is 12.3 Å². The second kappa shape index (κ2) is 5.09. The van der Waals surface area contributed by atoms with E-state index in [-0.39, 0.29) is 42.1 Å². The molecule has 0 aromatic carbocycles. The zero-order chi connectivity index (χ0) is 10.8. The van der Waals surface area contributed by atoms with Crippen LogP contribution in [0, 0.1) is 0 Å². The van der Waals surface area contributed by atoms with Gasteiger partial charge in [-0.1, -0.05) is 6.08 Å². The summed E-state index contributed by atoms with van der Waals surface area (Å²) in [5.74, 6) is 0. The van der Waals surface area contributed by atoms with E-state index in [9.17, 15) is 8.42 Å². The SMILES string of the molecule is [2H]CN1CCCC1(C)C=CS([NH-])(=O)=O.[Na+]. The van der Waals surface area contributed by atoms with Crippen molar-refractivity contribution in [3.05, 3.63) is 16.6 Å². The topological polar surface area (TPSA) is 61.2 Å². The van der Waals surface area contributed by atoms with Crippen molar-refractivity contribution in [2.75, 3.05) is 13.6 Å². The molecule has 1 rings (SSSR count). The van der Waals surface area contributed by atoms with Gasteiger partial charge in [0.05, 0.1) is 10.0 Å². The van der Waals surface area contributed by atoms with Crippen LogP contribution >= 0.6 is 0 Å². The molecule has 6 heteroatoms. The molecule has 4 nitrogen and oxygen atoms in total. The van der Waals surface area contributed by atoms with Gasteiger partial charge in [0.1, 0.15) is 0 Å². The number of likely N-dealkylation sites (tertiary alicyclic amines) is 1. The van der Waals surface area contributed by atoms with Crippen LogP contribution in [0.3, 0.4) is 0 Å². The number of sulfonamides is 1. The monoisotopic (exact) mass is 227 g/mol. The number of hydrogen-bond donors (Lipinski definition) is 0. The number of hydrogen-bond acceptors (Lipinski definition) is 3. The summed E-state index contributed by atoms with van der Waals surface area (Å²) in [5, 5.41) is 7.64. The van der Waals surface area contributed by atoms with E-state index in [1.165, 1.54) is 6.08 Å². The predicted molar refractivity (Wildman–Crippen MR) is 52.7 cm³/mol. The molecule has 14 heavy (non-hydrogen) atoms. The summed E-state index contributed by atoms with van der Waals surface area (Å²) < 4.78 is 28.6. The molecule has 1 heterocycles. The molecular weight excluding hydrogens is 211 g/mol. The first-order chi connectivity index (χ1) is 6.37. The third-order valence-electron chi connectivity index (χ3n) is 2.44. The summed E-state index contributed by atoms with van der Waals surface area (Å²) in [7, 11) is -3.63. The summed E-state index contributed by atoms with van der Waals surface area (Å²) in [4.78, 5) is 1.90. The predicted octanol–water partition coefficient (Wildman–Crippen LogP) is -1.63. The van der Waals surface area contributed by atoms with Crippen LogP contribution in [0.2, 0.25) is 0 Å². The van der Waals surface area contributed by atoms with Crippen LogP contribution in [0.4, 0.5) is 0 Å². The smallest absolute Gasteiger partial charge is 0.560 e. The van der Waals surface area contributed by atoms with Crippen molar-refractivity contribution in [2.45, 2.75) is 25.3 Å². The molecule has 0 aromatic rings. The van der Waals surface area contributed by atoms with Gasteiger partial charge in [0.25, 0.3) is 0 Å². The molecule has 1 saturated heterocycles. The molecule has 1 N–H and O–H groups in total. The Hall–Kier alpha value is 0.610.